The molecule has 0 atom stereocenters. The molecule has 0 N–H and O–H groups in total. The van der Waals surface area contributed by atoms with Crippen LogP contribution in [0.4, 0.5) is 17.1 Å². The molecule has 0 aliphatic rings. The average molecular weight is 680 g/mol. The first-order valence-electron chi connectivity index (χ1n) is 17.8. The second-order valence-corrected chi connectivity index (χ2v) is 14.3. The van der Waals surface area contributed by atoms with Gasteiger partial charge in [0.25, 0.3) is 0 Å². The van der Waals surface area contributed by atoms with E-state index in [4.69, 9.17) is 0 Å². The fourth-order valence-corrected chi connectivity index (χ4v) is 9.06. The summed E-state index contributed by atoms with van der Waals surface area (Å²) in [5.74, 6) is 0. The van der Waals surface area contributed by atoms with E-state index in [9.17, 15) is 0 Å². The lowest BCUT2D eigenvalue weighted by Crippen LogP contribution is -2.10. The van der Waals surface area contributed by atoms with Crippen molar-refractivity contribution in [3.8, 4) is 33.4 Å². The third-order valence-electron chi connectivity index (χ3n) is 10.3. The van der Waals surface area contributed by atoms with E-state index >= 15 is 0 Å². The summed E-state index contributed by atoms with van der Waals surface area (Å²) in [7, 11) is 0. The number of nitrogens with zero attached hydrogens (tertiary/aromatic N) is 1. The first kappa shape index (κ1) is 30.4. The van der Waals surface area contributed by atoms with Crippen LogP contribution in [0.3, 0.4) is 0 Å². The minimum absolute atomic E-state index is 1.12. The van der Waals surface area contributed by atoms with E-state index < -0.39 is 0 Å². The normalized spacial score (nSPS) is 11.5. The van der Waals surface area contributed by atoms with Gasteiger partial charge in [-0.1, -0.05) is 164 Å². The van der Waals surface area contributed by atoms with E-state index in [1.165, 1.54) is 80.8 Å². The molecule has 10 aromatic rings. The van der Waals surface area contributed by atoms with Crippen molar-refractivity contribution in [3.63, 3.8) is 0 Å². The van der Waals surface area contributed by atoms with Gasteiger partial charge in [-0.15, -0.1) is 11.3 Å². The molecular weight excluding hydrogens is 647 g/mol. The summed E-state index contributed by atoms with van der Waals surface area (Å²) in [4.78, 5) is 2.44. The number of thiophene rings is 1. The SMILES string of the molecule is c1ccc(-c2cccc3cccc(-c4cccc(N(c5ccc(-c6cccc7ccccc67)cc5)c5cccc6c5sc5ccccc56)c4)c23)cc1. The maximum atomic E-state index is 2.44. The smallest absolute Gasteiger partial charge is 0.0640 e. The zero-order valence-corrected chi connectivity index (χ0v) is 29.2. The number of anilines is 3. The summed E-state index contributed by atoms with van der Waals surface area (Å²) in [6.07, 6.45) is 0. The molecular formula is C50H33NS. The topological polar surface area (TPSA) is 3.24 Å². The van der Waals surface area contributed by atoms with Crippen molar-refractivity contribution in [3.05, 3.63) is 200 Å². The monoisotopic (exact) mass is 679 g/mol. The molecule has 1 heterocycles. The van der Waals surface area contributed by atoms with Crippen LogP contribution in [-0.4, -0.2) is 0 Å². The molecule has 10 rings (SSSR count). The lowest BCUT2D eigenvalue weighted by Gasteiger charge is -2.27. The van der Waals surface area contributed by atoms with Gasteiger partial charge in [-0.3, -0.25) is 0 Å². The largest absolute Gasteiger partial charge is 0.309 e. The zero-order chi connectivity index (χ0) is 34.4. The van der Waals surface area contributed by atoms with E-state index in [-0.39, 0.29) is 0 Å². The molecule has 1 aromatic heterocycles. The van der Waals surface area contributed by atoms with Gasteiger partial charge in [0.1, 0.15) is 0 Å². The number of hydrogen-bond acceptors (Lipinski definition) is 2. The van der Waals surface area contributed by atoms with Crippen molar-refractivity contribution in [1.29, 1.82) is 0 Å². The van der Waals surface area contributed by atoms with E-state index in [1.54, 1.807) is 0 Å². The fraction of sp³-hybridized carbons (Fsp3) is 0. The average Bonchev–Trinajstić information content (AvgIpc) is 3.61. The summed E-state index contributed by atoms with van der Waals surface area (Å²) in [6, 6.07) is 72.9. The molecule has 244 valence electrons. The van der Waals surface area contributed by atoms with E-state index in [2.05, 4.69) is 205 Å². The molecule has 52 heavy (non-hydrogen) atoms. The molecule has 0 saturated heterocycles. The van der Waals surface area contributed by atoms with Crippen molar-refractivity contribution in [2.45, 2.75) is 0 Å². The number of benzene rings is 9. The Morgan fingerprint density at radius 2 is 0.923 bits per heavy atom. The quantitative estimate of drug-likeness (QED) is 0.169. The zero-order valence-electron chi connectivity index (χ0n) is 28.4. The Labute approximate surface area is 307 Å². The molecule has 2 heteroatoms. The lowest BCUT2D eigenvalue weighted by molar-refractivity contribution is 1.30. The molecule has 0 saturated carbocycles. The van der Waals surface area contributed by atoms with Gasteiger partial charge in [0.15, 0.2) is 0 Å². The number of rotatable bonds is 6. The summed E-state index contributed by atoms with van der Waals surface area (Å²) in [6.45, 7) is 0. The van der Waals surface area contributed by atoms with Crippen LogP contribution in [0.1, 0.15) is 0 Å². The van der Waals surface area contributed by atoms with Gasteiger partial charge in [0, 0.05) is 26.8 Å². The Morgan fingerprint density at radius 1 is 0.346 bits per heavy atom. The maximum absolute atomic E-state index is 2.44. The van der Waals surface area contributed by atoms with Crippen LogP contribution in [0.2, 0.25) is 0 Å². The standard InChI is InChI=1S/C50H33NS/c1-2-13-35(14-3-1)43-24-10-17-37-18-11-25-44(49(37)43)38-19-8-20-40(33-38)51(47-27-12-26-46-45-22-6-7-28-48(45)52-50(46)47)39-31-29-36(30-32-39)42-23-9-16-34-15-4-5-21-41(34)42/h1-33H. The summed E-state index contributed by atoms with van der Waals surface area (Å²) < 4.78 is 2.58. The van der Waals surface area contributed by atoms with Crippen molar-refractivity contribution in [2.75, 3.05) is 4.90 Å². The second-order valence-electron chi connectivity index (χ2n) is 13.3. The highest BCUT2D eigenvalue weighted by Crippen LogP contribution is 2.46. The summed E-state index contributed by atoms with van der Waals surface area (Å²) >= 11 is 1.87. The van der Waals surface area contributed by atoms with E-state index in [0.717, 1.165) is 11.4 Å². The molecule has 0 aliphatic carbocycles. The van der Waals surface area contributed by atoms with Crippen LogP contribution in [0.15, 0.2) is 200 Å². The summed E-state index contributed by atoms with van der Waals surface area (Å²) in [5.41, 5.74) is 10.8. The van der Waals surface area contributed by atoms with Gasteiger partial charge in [0.2, 0.25) is 0 Å². The summed E-state index contributed by atoms with van der Waals surface area (Å²) in [5, 5.41) is 7.61. The predicted molar refractivity (Wildman–Crippen MR) is 225 cm³/mol. The van der Waals surface area contributed by atoms with Crippen LogP contribution in [-0.2, 0) is 0 Å². The van der Waals surface area contributed by atoms with Crippen LogP contribution in [0, 0.1) is 0 Å². The molecule has 0 fully saturated rings. The predicted octanol–water partition coefficient (Wildman–Crippen LogP) is 14.8. The van der Waals surface area contributed by atoms with Crippen molar-refractivity contribution < 1.29 is 0 Å². The molecule has 0 aliphatic heterocycles. The number of hydrogen-bond donors (Lipinski definition) is 0. The van der Waals surface area contributed by atoms with Gasteiger partial charge in [-0.2, -0.15) is 0 Å². The van der Waals surface area contributed by atoms with Gasteiger partial charge in [-0.25, -0.2) is 0 Å². The molecule has 0 amide bonds. The minimum Gasteiger partial charge on any atom is -0.309 e. The van der Waals surface area contributed by atoms with Gasteiger partial charge in [-0.05, 0) is 91.3 Å². The van der Waals surface area contributed by atoms with Crippen molar-refractivity contribution in [1.82, 2.24) is 0 Å². The Bertz CT molecular complexity index is 2890. The van der Waals surface area contributed by atoms with E-state index in [1.807, 2.05) is 11.3 Å². The first-order chi connectivity index (χ1) is 25.8. The minimum atomic E-state index is 1.12. The van der Waals surface area contributed by atoms with Crippen LogP contribution < -0.4 is 4.90 Å². The van der Waals surface area contributed by atoms with Crippen LogP contribution >= 0.6 is 11.3 Å². The van der Waals surface area contributed by atoms with Gasteiger partial charge >= 0.3 is 0 Å². The van der Waals surface area contributed by atoms with Gasteiger partial charge in [0.05, 0.1) is 10.4 Å². The van der Waals surface area contributed by atoms with E-state index in [0.29, 0.717) is 0 Å². The van der Waals surface area contributed by atoms with Crippen LogP contribution in [0.5, 0.6) is 0 Å². The van der Waals surface area contributed by atoms with Crippen LogP contribution in [0.25, 0.3) is 75.1 Å². The highest BCUT2D eigenvalue weighted by Gasteiger charge is 2.20. The molecule has 0 unspecified atom stereocenters. The lowest BCUT2D eigenvalue weighted by atomic mass is 9.91. The second kappa shape index (κ2) is 12.7. The Balaban J connectivity index is 1.17. The third-order valence-corrected chi connectivity index (χ3v) is 11.5. The van der Waals surface area contributed by atoms with Crippen molar-refractivity contribution in [2.24, 2.45) is 0 Å². The van der Waals surface area contributed by atoms with Gasteiger partial charge < -0.3 is 4.90 Å². The Kier molecular flexibility index (Phi) is 7.41. The Hall–Kier alpha value is -6.48. The highest BCUT2D eigenvalue weighted by molar-refractivity contribution is 7.26. The molecule has 0 spiro atoms. The molecule has 0 bridgehead atoms. The fourth-order valence-electron chi connectivity index (χ4n) is 7.86. The molecule has 9 aromatic carbocycles. The molecule has 1 nitrogen and oxygen atoms in total. The first-order valence-corrected chi connectivity index (χ1v) is 18.6. The Morgan fingerprint density at radius 3 is 1.75 bits per heavy atom. The number of fused-ring (bicyclic) bond motifs is 5. The highest BCUT2D eigenvalue weighted by atomic mass is 32.1. The maximum Gasteiger partial charge on any atom is 0.0640 e. The van der Waals surface area contributed by atoms with Crippen molar-refractivity contribution >= 4 is 70.1 Å². The molecule has 0 radical (unpaired) electrons. The third kappa shape index (κ3) is 5.16.